The zero-order chi connectivity index (χ0) is 12.0. The Hall–Kier alpha value is -0.380. The molecule has 0 unspecified atom stereocenters. The lowest BCUT2D eigenvalue weighted by Crippen LogP contribution is -2.30. The molecule has 0 saturated heterocycles. The first-order valence-electron chi connectivity index (χ1n) is 5.53. The van der Waals surface area contributed by atoms with Gasteiger partial charge in [-0.25, -0.2) is 0 Å². The summed E-state index contributed by atoms with van der Waals surface area (Å²) in [6.07, 6.45) is 0. The summed E-state index contributed by atoms with van der Waals surface area (Å²) in [4.78, 5) is 2.71. The van der Waals surface area contributed by atoms with Crippen molar-refractivity contribution in [1.29, 1.82) is 0 Å². The molecular weight excluding hydrogens is 266 g/mol. The number of methoxy groups -OCH3 is 1. The van der Waals surface area contributed by atoms with Crippen LogP contribution in [0, 0.1) is 0 Å². The molecule has 0 aliphatic heterocycles. The van der Waals surface area contributed by atoms with Crippen LogP contribution in [0.25, 0.3) is 0 Å². The van der Waals surface area contributed by atoms with Gasteiger partial charge in [0.1, 0.15) is 0 Å². The fraction of sp³-hybridized carbons (Fsp3) is 0.538. The highest BCUT2D eigenvalue weighted by Gasteiger charge is 2.14. The minimum absolute atomic E-state index is 0.383. The van der Waals surface area contributed by atoms with E-state index < -0.39 is 0 Å². The molecule has 0 N–H and O–H groups in total. The Morgan fingerprint density at radius 3 is 2.50 bits per heavy atom. The molecular formula is C13H20BrNO. The van der Waals surface area contributed by atoms with Crippen molar-refractivity contribution in [1.82, 2.24) is 4.90 Å². The van der Waals surface area contributed by atoms with E-state index in [4.69, 9.17) is 4.74 Å². The first-order valence-corrected chi connectivity index (χ1v) is 6.45. The highest BCUT2D eigenvalue weighted by Crippen LogP contribution is 2.19. The molecule has 2 nitrogen and oxygen atoms in total. The zero-order valence-electron chi connectivity index (χ0n) is 10.2. The Morgan fingerprint density at radius 1 is 1.31 bits per heavy atom. The third-order valence-corrected chi connectivity index (χ3v) is 3.33. The molecule has 1 rings (SSSR count). The van der Waals surface area contributed by atoms with Crippen molar-refractivity contribution in [2.75, 3.05) is 27.3 Å². The summed E-state index contributed by atoms with van der Waals surface area (Å²) in [5, 5.41) is 0. The van der Waals surface area contributed by atoms with Crippen LogP contribution in [0.1, 0.15) is 18.5 Å². The molecule has 0 aliphatic carbocycles. The normalized spacial score (nSPS) is 15.1. The van der Waals surface area contributed by atoms with Gasteiger partial charge < -0.3 is 4.74 Å². The van der Waals surface area contributed by atoms with Gasteiger partial charge in [0, 0.05) is 19.7 Å². The molecule has 1 aromatic carbocycles. The lowest BCUT2D eigenvalue weighted by atomic mass is 10.1. The average Bonchev–Trinajstić information content (AvgIpc) is 2.29. The van der Waals surface area contributed by atoms with E-state index in [2.05, 4.69) is 65.1 Å². The lowest BCUT2D eigenvalue weighted by Gasteiger charge is -2.27. The van der Waals surface area contributed by atoms with Crippen LogP contribution in [0.15, 0.2) is 30.3 Å². The first kappa shape index (κ1) is 13.7. The summed E-state index contributed by atoms with van der Waals surface area (Å²) in [7, 11) is 3.87. The molecule has 0 heterocycles. The predicted octanol–water partition coefficient (Wildman–Crippen LogP) is 3.09. The number of rotatable bonds is 6. The minimum atomic E-state index is 0.383. The quantitative estimate of drug-likeness (QED) is 0.745. The van der Waals surface area contributed by atoms with Crippen molar-refractivity contribution in [3.05, 3.63) is 35.9 Å². The highest BCUT2D eigenvalue weighted by molar-refractivity contribution is 9.09. The summed E-state index contributed by atoms with van der Waals surface area (Å²) in [6.45, 7) is 3.94. The average molecular weight is 286 g/mol. The van der Waals surface area contributed by atoms with Crippen molar-refractivity contribution in [3.63, 3.8) is 0 Å². The molecule has 1 aromatic rings. The lowest BCUT2D eigenvalue weighted by molar-refractivity contribution is 0.176. The molecule has 0 fully saturated rings. The Balaban J connectivity index is 2.51. The van der Waals surface area contributed by atoms with Gasteiger partial charge in [-0.15, -0.1) is 0 Å². The third kappa shape index (κ3) is 4.24. The second-order valence-electron chi connectivity index (χ2n) is 4.08. The molecule has 0 radical (unpaired) electrons. The van der Waals surface area contributed by atoms with Crippen molar-refractivity contribution >= 4 is 15.9 Å². The third-order valence-electron chi connectivity index (χ3n) is 2.78. The van der Waals surface area contributed by atoms with E-state index in [0.717, 1.165) is 13.2 Å². The largest absolute Gasteiger partial charge is 0.383 e. The van der Waals surface area contributed by atoms with Gasteiger partial charge in [-0.2, -0.15) is 0 Å². The zero-order valence-corrected chi connectivity index (χ0v) is 11.8. The summed E-state index contributed by atoms with van der Waals surface area (Å²) < 4.78 is 5.12. The van der Waals surface area contributed by atoms with Gasteiger partial charge in [-0.3, -0.25) is 4.90 Å². The number of benzene rings is 1. The van der Waals surface area contributed by atoms with Gasteiger partial charge in [0.15, 0.2) is 0 Å². The van der Waals surface area contributed by atoms with Gasteiger partial charge >= 0.3 is 0 Å². The van der Waals surface area contributed by atoms with Crippen LogP contribution in [0.4, 0.5) is 0 Å². The van der Waals surface area contributed by atoms with Crippen LogP contribution in [-0.4, -0.2) is 37.0 Å². The maximum absolute atomic E-state index is 5.12. The van der Waals surface area contributed by atoms with E-state index in [1.54, 1.807) is 7.11 Å². The van der Waals surface area contributed by atoms with E-state index in [0.29, 0.717) is 10.9 Å². The van der Waals surface area contributed by atoms with Crippen LogP contribution in [-0.2, 0) is 4.74 Å². The maximum atomic E-state index is 5.12. The number of ether oxygens (including phenoxy) is 1. The second kappa shape index (κ2) is 7.05. The fourth-order valence-corrected chi connectivity index (χ4v) is 2.41. The molecule has 90 valence electrons. The van der Waals surface area contributed by atoms with Crippen LogP contribution in [0.2, 0.25) is 0 Å². The molecule has 0 bridgehead atoms. The molecule has 0 spiro atoms. The molecule has 0 amide bonds. The SMILES string of the molecule is COC[C@@H](Br)CN(C)[C@H](C)c1ccccc1. The number of hydrogen-bond donors (Lipinski definition) is 0. The van der Waals surface area contributed by atoms with Crippen LogP contribution < -0.4 is 0 Å². The molecule has 16 heavy (non-hydrogen) atoms. The second-order valence-corrected chi connectivity index (χ2v) is 5.37. The van der Waals surface area contributed by atoms with E-state index >= 15 is 0 Å². The topological polar surface area (TPSA) is 12.5 Å². The van der Waals surface area contributed by atoms with Gasteiger partial charge in [0.2, 0.25) is 0 Å². The summed E-state index contributed by atoms with van der Waals surface area (Å²) in [6, 6.07) is 11.0. The molecule has 0 saturated carbocycles. The van der Waals surface area contributed by atoms with Crippen molar-refractivity contribution in [2.24, 2.45) is 0 Å². The monoisotopic (exact) mass is 285 g/mol. The van der Waals surface area contributed by atoms with Gasteiger partial charge in [-0.05, 0) is 19.5 Å². The Bertz CT molecular complexity index is 291. The summed E-state index contributed by atoms with van der Waals surface area (Å²) in [5.74, 6) is 0. The molecule has 0 aliphatic rings. The van der Waals surface area contributed by atoms with E-state index in [-0.39, 0.29) is 0 Å². The van der Waals surface area contributed by atoms with Gasteiger partial charge in [-0.1, -0.05) is 46.3 Å². The Kier molecular flexibility index (Phi) is 6.03. The van der Waals surface area contributed by atoms with E-state index in [9.17, 15) is 0 Å². The van der Waals surface area contributed by atoms with E-state index in [1.165, 1.54) is 5.56 Å². The van der Waals surface area contributed by atoms with E-state index in [1.807, 2.05) is 0 Å². The number of alkyl halides is 1. The van der Waals surface area contributed by atoms with Gasteiger partial charge in [0.05, 0.1) is 11.4 Å². The first-order chi connectivity index (χ1) is 7.65. The smallest absolute Gasteiger partial charge is 0.0600 e. The summed E-state index contributed by atoms with van der Waals surface area (Å²) in [5.41, 5.74) is 1.35. The van der Waals surface area contributed by atoms with Crippen LogP contribution in [0.3, 0.4) is 0 Å². The Labute approximate surface area is 107 Å². The van der Waals surface area contributed by atoms with Crippen LogP contribution >= 0.6 is 15.9 Å². The van der Waals surface area contributed by atoms with Crippen molar-refractivity contribution in [3.8, 4) is 0 Å². The van der Waals surface area contributed by atoms with Crippen molar-refractivity contribution < 1.29 is 4.74 Å². The summed E-state index contributed by atoms with van der Waals surface area (Å²) >= 11 is 3.61. The maximum Gasteiger partial charge on any atom is 0.0600 e. The standard InChI is InChI=1S/C13H20BrNO/c1-11(12-7-5-4-6-8-12)15(2)9-13(14)10-16-3/h4-8,11,13H,9-10H2,1-3H3/t11-,13+/m1/s1. The molecule has 3 heteroatoms. The van der Waals surface area contributed by atoms with Crippen LogP contribution in [0.5, 0.6) is 0 Å². The number of halogens is 1. The molecule has 0 aromatic heterocycles. The molecule has 2 atom stereocenters. The fourth-order valence-electron chi connectivity index (χ4n) is 1.69. The predicted molar refractivity (Wildman–Crippen MR) is 72.1 cm³/mol. The Morgan fingerprint density at radius 2 is 1.94 bits per heavy atom. The number of hydrogen-bond acceptors (Lipinski definition) is 2. The van der Waals surface area contributed by atoms with Crippen molar-refractivity contribution in [2.45, 2.75) is 17.8 Å². The highest BCUT2D eigenvalue weighted by atomic mass is 79.9. The minimum Gasteiger partial charge on any atom is -0.383 e. The number of nitrogens with zero attached hydrogens (tertiary/aromatic N) is 1. The van der Waals surface area contributed by atoms with Gasteiger partial charge in [0.25, 0.3) is 0 Å².